The van der Waals surface area contributed by atoms with Gasteiger partial charge in [-0.2, -0.15) is 0 Å². The molecule has 8 nitrogen and oxygen atoms in total. The predicted molar refractivity (Wildman–Crippen MR) is 237 cm³/mol. The first-order valence-electron chi connectivity index (χ1n) is 22.7. The Morgan fingerprint density at radius 2 is 1.09 bits per heavy atom. The molecule has 56 heavy (non-hydrogen) atoms. The number of nitrogens with one attached hydrogen (secondary N) is 1. The van der Waals surface area contributed by atoms with E-state index in [1.54, 1.807) is 6.08 Å². The Morgan fingerprint density at radius 1 is 0.643 bits per heavy atom. The van der Waals surface area contributed by atoms with Crippen LogP contribution in [0.5, 0.6) is 0 Å². The van der Waals surface area contributed by atoms with Gasteiger partial charge in [-0.05, 0) is 57.8 Å². The minimum absolute atomic E-state index is 0.00321. The average Bonchev–Trinajstić information content (AvgIpc) is 3.15. The van der Waals surface area contributed by atoms with Gasteiger partial charge in [-0.15, -0.1) is 0 Å². The Balaban J connectivity index is 4.06. The van der Waals surface area contributed by atoms with E-state index < -0.39 is 20.0 Å². The number of aliphatic hydroxyl groups excluding tert-OH is 1. The van der Waals surface area contributed by atoms with Crippen LogP contribution < -0.4 is 10.2 Å². The molecule has 1 amide bonds. The summed E-state index contributed by atoms with van der Waals surface area (Å²) in [5.74, 6) is -0.205. The highest BCUT2D eigenvalue weighted by Gasteiger charge is 2.23. The maximum atomic E-state index is 12.8. The molecule has 0 heterocycles. The molecule has 0 rings (SSSR count). The Hall–Kier alpha value is -1.80. The molecule has 0 saturated heterocycles. The van der Waals surface area contributed by atoms with E-state index in [-0.39, 0.29) is 19.1 Å². The topological polar surface area (TPSA) is 108 Å². The van der Waals surface area contributed by atoms with E-state index in [0.717, 1.165) is 64.2 Å². The van der Waals surface area contributed by atoms with Crippen LogP contribution in [0.15, 0.2) is 60.8 Å². The lowest BCUT2D eigenvalue weighted by molar-refractivity contribution is -0.870. The molecule has 0 saturated carbocycles. The molecule has 0 aliphatic heterocycles. The highest BCUT2D eigenvalue weighted by molar-refractivity contribution is 7.45. The summed E-state index contributed by atoms with van der Waals surface area (Å²) < 4.78 is 23.1. The third kappa shape index (κ3) is 40.4. The van der Waals surface area contributed by atoms with Crippen molar-refractivity contribution in [2.24, 2.45) is 0 Å². The van der Waals surface area contributed by atoms with Gasteiger partial charge in [0.1, 0.15) is 13.2 Å². The Kier molecular flexibility index (Phi) is 37.5. The van der Waals surface area contributed by atoms with Crippen molar-refractivity contribution >= 4 is 13.7 Å². The van der Waals surface area contributed by atoms with Crippen molar-refractivity contribution < 1.29 is 32.9 Å². The molecule has 0 aromatic carbocycles. The summed E-state index contributed by atoms with van der Waals surface area (Å²) in [6.45, 7) is 4.46. The number of likely N-dealkylation sites (N-methyl/N-ethyl adjacent to an activating group) is 1. The summed E-state index contributed by atoms with van der Waals surface area (Å²) in [5, 5.41) is 13.6. The second-order valence-electron chi connectivity index (χ2n) is 16.4. The molecular weight excluding hydrogens is 719 g/mol. The second-order valence-corrected chi connectivity index (χ2v) is 17.8. The molecule has 9 heteroatoms. The van der Waals surface area contributed by atoms with Crippen LogP contribution in [0.1, 0.15) is 181 Å². The standard InChI is InChI=1S/C47H87N2O6P/c1-6-8-10-12-14-15-16-17-18-19-20-21-22-23-24-25-26-27-28-29-30-31-32-33-35-37-39-41-47(51)48-45(46(50)40-38-36-34-13-11-9-7-2)44-55-56(52,53)54-43-42-49(3,4)5/h8,10,14-15,17-18,20-21,38,40,45-46,50H,6-7,9,11-13,16,19,22-37,39,41-44H2,1-5H3,(H-,48,51,52,53)/b10-8-,15-14-,18-17-,21-20-,40-38+. The van der Waals surface area contributed by atoms with Gasteiger partial charge in [0.05, 0.1) is 39.9 Å². The van der Waals surface area contributed by atoms with E-state index in [4.69, 9.17) is 9.05 Å². The summed E-state index contributed by atoms with van der Waals surface area (Å²) in [7, 11) is 1.25. The average molecular weight is 807 g/mol. The van der Waals surface area contributed by atoms with E-state index in [1.165, 1.54) is 96.3 Å². The van der Waals surface area contributed by atoms with Gasteiger partial charge >= 0.3 is 0 Å². The van der Waals surface area contributed by atoms with Crippen LogP contribution in [0.3, 0.4) is 0 Å². The van der Waals surface area contributed by atoms with Gasteiger partial charge in [-0.3, -0.25) is 9.36 Å². The van der Waals surface area contributed by atoms with Crippen molar-refractivity contribution in [1.29, 1.82) is 0 Å². The van der Waals surface area contributed by atoms with Gasteiger partial charge in [-0.1, -0.05) is 177 Å². The van der Waals surface area contributed by atoms with Crippen molar-refractivity contribution in [2.45, 2.75) is 193 Å². The van der Waals surface area contributed by atoms with Gasteiger partial charge < -0.3 is 28.8 Å². The molecule has 0 aromatic rings. The molecule has 0 fully saturated rings. The molecule has 0 spiro atoms. The number of aliphatic hydroxyl groups is 1. The Bertz CT molecular complexity index is 1100. The summed E-state index contributed by atoms with van der Waals surface area (Å²) in [6, 6.07) is -0.885. The van der Waals surface area contributed by atoms with Crippen LogP contribution in [-0.2, 0) is 18.4 Å². The van der Waals surface area contributed by atoms with Crippen LogP contribution in [0.2, 0.25) is 0 Å². The molecule has 326 valence electrons. The number of hydrogen-bond donors (Lipinski definition) is 2. The lowest BCUT2D eigenvalue weighted by Crippen LogP contribution is -2.45. The number of allylic oxidation sites excluding steroid dienone is 9. The Labute approximate surface area is 345 Å². The monoisotopic (exact) mass is 807 g/mol. The van der Waals surface area contributed by atoms with Gasteiger partial charge in [0, 0.05) is 6.42 Å². The van der Waals surface area contributed by atoms with Crippen molar-refractivity contribution in [3.8, 4) is 0 Å². The van der Waals surface area contributed by atoms with Gasteiger partial charge in [0.15, 0.2) is 0 Å². The predicted octanol–water partition coefficient (Wildman–Crippen LogP) is 12.0. The molecule has 3 unspecified atom stereocenters. The summed E-state index contributed by atoms with van der Waals surface area (Å²) in [5.41, 5.74) is 0. The van der Waals surface area contributed by atoms with Crippen molar-refractivity contribution in [3.63, 3.8) is 0 Å². The lowest BCUT2D eigenvalue weighted by Gasteiger charge is -2.29. The molecule has 0 aliphatic rings. The minimum atomic E-state index is -4.58. The largest absolute Gasteiger partial charge is 0.756 e. The number of hydrogen-bond acceptors (Lipinski definition) is 6. The van der Waals surface area contributed by atoms with E-state index in [2.05, 4.69) is 67.8 Å². The molecule has 0 bridgehead atoms. The smallest absolute Gasteiger partial charge is 0.268 e. The van der Waals surface area contributed by atoms with Crippen molar-refractivity contribution in [2.75, 3.05) is 40.9 Å². The van der Waals surface area contributed by atoms with Crippen LogP contribution in [0.4, 0.5) is 0 Å². The van der Waals surface area contributed by atoms with Crippen molar-refractivity contribution in [3.05, 3.63) is 60.8 Å². The molecule has 0 aliphatic carbocycles. The zero-order valence-corrected chi connectivity index (χ0v) is 37.7. The van der Waals surface area contributed by atoms with Gasteiger partial charge in [0.25, 0.3) is 7.82 Å². The number of carbonyl (C=O) groups excluding carboxylic acids is 1. The van der Waals surface area contributed by atoms with E-state index in [0.29, 0.717) is 17.4 Å². The van der Waals surface area contributed by atoms with Crippen LogP contribution in [-0.4, -0.2) is 68.5 Å². The summed E-state index contributed by atoms with van der Waals surface area (Å²) in [4.78, 5) is 25.2. The number of phosphoric acid groups is 1. The fourth-order valence-electron chi connectivity index (χ4n) is 6.14. The van der Waals surface area contributed by atoms with Crippen LogP contribution in [0, 0.1) is 0 Å². The second kappa shape index (κ2) is 38.7. The number of phosphoric ester groups is 1. The van der Waals surface area contributed by atoms with E-state index in [1.807, 2.05) is 27.2 Å². The first kappa shape index (κ1) is 54.2. The quantitative estimate of drug-likeness (QED) is 0.0276. The number of quaternary nitrogens is 1. The van der Waals surface area contributed by atoms with E-state index >= 15 is 0 Å². The lowest BCUT2D eigenvalue weighted by atomic mass is 10.0. The Morgan fingerprint density at radius 3 is 1.59 bits per heavy atom. The third-order valence-corrected chi connectivity index (χ3v) is 10.7. The highest BCUT2D eigenvalue weighted by Crippen LogP contribution is 2.38. The fourth-order valence-corrected chi connectivity index (χ4v) is 6.87. The first-order chi connectivity index (χ1) is 27.0. The van der Waals surface area contributed by atoms with E-state index in [9.17, 15) is 19.4 Å². The number of unbranched alkanes of at least 4 members (excludes halogenated alkanes) is 19. The maximum Gasteiger partial charge on any atom is 0.268 e. The van der Waals surface area contributed by atoms with Crippen LogP contribution >= 0.6 is 7.82 Å². The molecule has 0 radical (unpaired) electrons. The zero-order valence-electron chi connectivity index (χ0n) is 36.8. The molecular formula is C47H87N2O6P. The number of nitrogens with zero attached hydrogens (tertiary/aromatic N) is 1. The molecule has 0 aromatic heterocycles. The SMILES string of the molecule is CC/C=C\C/C=C\C/C=C\C/C=C\CCCCCCCCCCCCCCCCC(=O)NC(COP(=O)([O-])OCC[N+](C)(C)C)C(O)/C=C/CCCCCCC. The van der Waals surface area contributed by atoms with Gasteiger partial charge in [0.2, 0.25) is 5.91 Å². The van der Waals surface area contributed by atoms with Crippen LogP contribution in [0.25, 0.3) is 0 Å². The first-order valence-corrected chi connectivity index (χ1v) is 24.1. The third-order valence-electron chi connectivity index (χ3n) is 9.73. The van der Waals surface area contributed by atoms with Gasteiger partial charge in [-0.25, -0.2) is 0 Å². The fraction of sp³-hybridized carbons (Fsp3) is 0.766. The summed E-state index contributed by atoms with van der Waals surface area (Å²) >= 11 is 0. The normalized spacial score (nSPS) is 14.9. The molecule has 3 atom stereocenters. The maximum absolute atomic E-state index is 12.8. The summed E-state index contributed by atoms with van der Waals surface area (Å²) in [6.07, 6.45) is 50.1. The highest BCUT2D eigenvalue weighted by atomic mass is 31.2. The zero-order chi connectivity index (χ0) is 41.4. The number of amides is 1. The number of carbonyl (C=O) groups is 1. The minimum Gasteiger partial charge on any atom is -0.756 e. The molecule has 2 N–H and O–H groups in total. The van der Waals surface area contributed by atoms with Crippen molar-refractivity contribution in [1.82, 2.24) is 5.32 Å². The number of rotatable bonds is 40.